The van der Waals surface area contributed by atoms with E-state index in [9.17, 15) is 8.42 Å². The molecule has 19 heavy (non-hydrogen) atoms. The quantitative estimate of drug-likeness (QED) is 0.841. The Labute approximate surface area is 117 Å². The fourth-order valence-corrected chi connectivity index (χ4v) is 4.93. The van der Waals surface area contributed by atoms with E-state index in [1.165, 1.54) is 0 Å². The smallest absolute Gasteiger partial charge is 0.281 e. The maximum Gasteiger partial charge on any atom is 0.281 e. The Hall–Kier alpha value is -0.170. The summed E-state index contributed by atoms with van der Waals surface area (Å²) < 4.78 is 28.8. The van der Waals surface area contributed by atoms with Crippen LogP contribution in [0.15, 0.2) is 0 Å². The lowest BCUT2D eigenvalue weighted by Crippen LogP contribution is -2.49. The molecule has 0 aliphatic carbocycles. The molecule has 2 rings (SSSR count). The summed E-state index contributed by atoms with van der Waals surface area (Å²) in [5, 5.41) is 3.16. The molecule has 2 fully saturated rings. The van der Waals surface area contributed by atoms with Crippen molar-refractivity contribution in [2.45, 2.75) is 38.5 Å². The average Bonchev–Trinajstić information content (AvgIpc) is 2.69. The Kier molecular flexibility index (Phi) is 5.62. The highest BCUT2D eigenvalue weighted by Gasteiger charge is 2.33. The van der Waals surface area contributed by atoms with Gasteiger partial charge in [0.25, 0.3) is 10.2 Å². The molecule has 0 radical (unpaired) electrons. The summed E-state index contributed by atoms with van der Waals surface area (Å²) in [7, 11) is -1.29. The summed E-state index contributed by atoms with van der Waals surface area (Å²) in [4.78, 5) is 0. The van der Waals surface area contributed by atoms with Gasteiger partial charge in [0.05, 0.1) is 0 Å². The number of nitrogens with one attached hydrogen (secondary N) is 1. The van der Waals surface area contributed by atoms with Crippen molar-refractivity contribution in [2.24, 2.45) is 5.92 Å². The van der Waals surface area contributed by atoms with E-state index in [1.54, 1.807) is 8.61 Å². The van der Waals surface area contributed by atoms with Crippen LogP contribution in [-0.2, 0) is 10.2 Å². The molecule has 1 atom stereocenters. The van der Waals surface area contributed by atoms with Gasteiger partial charge in [-0.2, -0.15) is 17.0 Å². The van der Waals surface area contributed by atoms with Gasteiger partial charge in [-0.25, -0.2) is 0 Å². The highest BCUT2D eigenvalue weighted by Crippen LogP contribution is 2.22. The van der Waals surface area contributed by atoms with Gasteiger partial charge in [-0.3, -0.25) is 0 Å². The molecule has 6 heteroatoms. The monoisotopic (exact) mass is 289 g/mol. The topological polar surface area (TPSA) is 52.7 Å². The van der Waals surface area contributed by atoms with Gasteiger partial charge < -0.3 is 5.32 Å². The number of nitrogens with zero attached hydrogens (tertiary/aromatic N) is 2. The molecule has 1 unspecified atom stereocenters. The molecular formula is C13H27N3O2S. The Bertz CT molecular complexity index is 362. The summed E-state index contributed by atoms with van der Waals surface area (Å²) in [6, 6.07) is 0. The molecule has 112 valence electrons. The number of rotatable bonds is 4. The zero-order valence-electron chi connectivity index (χ0n) is 12.0. The zero-order chi connectivity index (χ0) is 13.7. The second-order valence-electron chi connectivity index (χ2n) is 5.74. The first-order valence-electron chi connectivity index (χ1n) is 7.54. The molecule has 0 aromatic carbocycles. The molecule has 2 heterocycles. The average molecular weight is 289 g/mol. The Balaban J connectivity index is 2.01. The minimum absolute atomic E-state index is 0.459. The van der Waals surface area contributed by atoms with E-state index in [4.69, 9.17) is 0 Å². The number of piperidine rings is 1. The van der Waals surface area contributed by atoms with Crippen LogP contribution >= 0.6 is 0 Å². The first-order chi connectivity index (χ1) is 9.14. The van der Waals surface area contributed by atoms with Gasteiger partial charge in [0.1, 0.15) is 0 Å². The third kappa shape index (κ3) is 3.90. The van der Waals surface area contributed by atoms with Crippen LogP contribution in [0.4, 0.5) is 0 Å². The minimum atomic E-state index is -3.22. The lowest BCUT2D eigenvalue weighted by atomic mass is 10.00. The van der Waals surface area contributed by atoms with Crippen molar-refractivity contribution in [3.8, 4) is 0 Å². The molecule has 0 saturated carbocycles. The highest BCUT2D eigenvalue weighted by atomic mass is 32.2. The van der Waals surface area contributed by atoms with Crippen molar-refractivity contribution in [3.05, 3.63) is 0 Å². The van der Waals surface area contributed by atoms with E-state index in [2.05, 4.69) is 5.32 Å². The van der Waals surface area contributed by atoms with Crippen LogP contribution in [0, 0.1) is 5.92 Å². The third-order valence-electron chi connectivity index (χ3n) is 4.19. The summed E-state index contributed by atoms with van der Waals surface area (Å²) in [5.41, 5.74) is 0. The summed E-state index contributed by atoms with van der Waals surface area (Å²) in [6.45, 7) is 3.69. The van der Waals surface area contributed by atoms with Gasteiger partial charge in [-0.15, -0.1) is 0 Å². The maximum atomic E-state index is 12.7. The summed E-state index contributed by atoms with van der Waals surface area (Å²) >= 11 is 0. The highest BCUT2D eigenvalue weighted by molar-refractivity contribution is 7.86. The maximum absolute atomic E-state index is 12.7. The van der Waals surface area contributed by atoms with Gasteiger partial charge >= 0.3 is 0 Å². The minimum Gasteiger partial charge on any atom is -0.319 e. The standard InChI is InChI=1S/C13H27N3O2S/c1-14-11-13-7-6-10-16(12-13)19(17,18)15-8-4-2-3-5-9-15/h13-14H,2-12H2,1H3. The van der Waals surface area contributed by atoms with Crippen molar-refractivity contribution in [3.63, 3.8) is 0 Å². The molecule has 0 aromatic rings. The molecular weight excluding hydrogens is 262 g/mol. The summed E-state index contributed by atoms with van der Waals surface area (Å²) in [5.74, 6) is 0.459. The lowest BCUT2D eigenvalue weighted by molar-refractivity contribution is 0.245. The van der Waals surface area contributed by atoms with Gasteiger partial charge in [-0.05, 0) is 45.2 Å². The largest absolute Gasteiger partial charge is 0.319 e. The molecule has 2 aliphatic heterocycles. The number of hydrogen-bond acceptors (Lipinski definition) is 3. The fraction of sp³-hybridized carbons (Fsp3) is 1.00. The SMILES string of the molecule is CNCC1CCCN(S(=O)(=O)N2CCCCCC2)C1. The van der Waals surface area contributed by atoms with Crippen LogP contribution in [0.3, 0.4) is 0 Å². The van der Waals surface area contributed by atoms with E-state index >= 15 is 0 Å². The van der Waals surface area contributed by atoms with Crippen molar-refractivity contribution in [1.82, 2.24) is 13.9 Å². The van der Waals surface area contributed by atoms with E-state index in [0.29, 0.717) is 32.1 Å². The van der Waals surface area contributed by atoms with Gasteiger partial charge in [0, 0.05) is 26.2 Å². The van der Waals surface area contributed by atoms with Gasteiger partial charge in [-0.1, -0.05) is 12.8 Å². The van der Waals surface area contributed by atoms with Crippen molar-refractivity contribution < 1.29 is 8.42 Å². The first kappa shape index (κ1) is 15.2. The molecule has 0 aromatic heterocycles. The van der Waals surface area contributed by atoms with E-state index in [1.807, 2.05) is 7.05 Å². The van der Waals surface area contributed by atoms with Crippen LogP contribution in [0.5, 0.6) is 0 Å². The Morgan fingerprint density at radius 1 is 1.00 bits per heavy atom. The van der Waals surface area contributed by atoms with Crippen LogP contribution in [-0.4, -0.2) is 56.8 Å². The fourth-order valence-electron chi connectivity index (χ4n) is 3.13. The Morgan fingerprint density at radius 3 is 2.26 bits per heavy atom. The zero-order valence-corrected chi connectivity index (χ0v) is 12.8. The van der Waals surface area contributed by atoms with E-state index in [0.717, 1.165) is 45.1 Å². The molecule has 2 saturated heterocycles. The van der Waals surface area contributed by atoms with Crippen molar-refractivity contribution in [1.29, 1.82) is 0 Å². The van der Waals surface area contributed by atoms with Gasteiger partial charge in [0.2, 0.25) is 0 Å². The normalized spacial score (nSPS) is 28.2. The van der Waals surface area contributed by atoms with Crippen LogP contribution in [0.25, 0.3) is 0 Å². The lowest BCUT2D eigenvalue weighted by Gasteiger charge is -2.35. The second kappa shape index (κ2) is 7.02. The molecule has 0 amide bonds. The van der Waals surface area contributed by atoms with E-state index in [-0.39, 0.29) is 0 Å². The molecule has 1 N–H and O–H groups in total. The van der Waals surface area contributed by atoms with Crippen molar-refractivity contribution in [2.75, 3.05) is 39.8 Å². The van der Waals surface area contributed by atoms with Crippen LogP contribution < -0.4 is 5.32 Å². The second-order valence-corrected chi connectivity index (χ2v) is 7.67. The summed E-state index contributed by atoms with van der Waals surface area (Å²) in [6.07, 6.45) is 6.45. The Morgan fingerprint density at radius 2 is 1.63 bits per heavy atom. The van der Waals surface area contributed by atoms with Crippen molar-refractivity contribution >= 4 is 10.2 Å². The van der Waals surface area contributed by atoms with Gasteiger partial charge in [0.15, 0.2) is 0 Å². The predicted molar refractivity (Wildman–Crippen MR) is 77.2 cm³/mol. The third-order valence-corrected chi connectivity index (χ3v) is 6.19. The molecule has 5 nitrogen and oxygen atoms in total. The van der Waals surface area contributed by atoms with Crippen LogP contribution in [0.1, 0.15) is 38.5 Å². The van der Waals surface area contributed by atoms with E-state index < -0.39 is 10.2 Å². The molecule has 2 aliphatic rings. The first-order valence-corrected chi connectivity index (χ1v) is 8.94. The molecule has 0 spiro atoms. The molecule has 0 bridgehead atoms. The number of hydrogen-bond donors (Lipinski definition) is 1. The van der Waals surface area contributed by atoms with Crippen LogP contribution in [0.2, 0.25) is 0 Å². The predicted octanol–water partition coefficient (Wildman–Crippen LogP) is 1.04.